The van der Waals surface area contributed by atoms with E-state index in [1.807, 2.05) is 30.1 Å². The van der Waals surface area contributed by atoms with Gasteiger partial charge in [-0.1, -0.05) is 31.5 Å². The van der Waals surface area contributed by atoms with Gasteiger partial charge in [-0.3, -0.25) is 9.69 Å². The minimum atomic E-state index is 0.194. The fourth-order valence-corrected chi connectivity index (χ4v) is 2.94. The molecule has 1 atom stereocenters. The normalized spacial score (nSPS) is 19.9. The molecule has 1 amide bonds. The molecule has 0 bridgehead atoms. The van der Waals surface area contributed by atoms with Crippen molar-refractivity contribution in [1.82, 2.24) is 4.90 Å². The molecule has 20 heavy (non-hydrogen) atoms. The molecule has 0 spiro atoms. The molecule has 0 aromatic heterocycles. The fourth-order valence-electron chi connectivity index (χ4n) is 2.94. The number of likely N-dealkylation sites (tertiary alicyclic amines) is 1. The highest BCUT2D eigenvalue weighted by molar-refractivity contribution is 5.95. The first-order valence-electron chi connectivity index (χ1n) is 7.72. The summed E-state index contributed by atoms with van der Waals surface area (Å²) in [5.41, 5.74) is 2.28. The Morgan fingerprint density at radius 2 is 2.10 bits per heavy atom. The molecule has 110 valence electrons. The standard InChI is InChI=1S/C17H26N2O/c1-4-15-10-5-6-11-16(15)18(3)17(20)13-19-12-8-7-9-14(19)2/h5-6,10-11,14H,4,7-9,12-13H2,1-3H3. The van der Waals surface area contributed by atoms with E-state index in [4.69, 9.17) is 0 Å². The van der Waals surface area contributed by atoms with Gasteiger partial charge in [0, 0.05) is 18.8 Å². The number of benzene rings is 1. The van der Waals surface area contributed by atoms with Crippen LogP contribution in [-0.2, 0) is 11.2 Å². The largest absolute Gasteiger partial charge is 0.314 e. The molecule has 1 heterocycles. The molecule has 1 fully saturated rings. The summed E-state index contributed by atoms with van der Waals surface area (Å²) in [4.78, 5) is 16.6. The summed E-state index contributed by atoms with van der Waals surface area (Å²) >= 11 is 0. The second kappa shape index (κ2) is 6.89. The van der Waals surface area contributed by atoms with Crippen LogP contribution in [0.15, 0.2) is 24.3 Å². The summed E-state index contributed by atoms with van der Waals surface area (Å²) in [6, 6.07) is 8.70. The molecule has 2 rings (SSSR count). The number of piperidine rings is 1. The smallest absolute Gasteiger partial charge is 0.240 e. The van der Waals surface area contributed by atoms with Gasteiger partial charge < -0.3 is 4.90 Å². The Morgan fingerprint density at radius 3 is 2.80 bits per heavy atom. The van der Waals surface area contributed by atoms with Crippen LogP contribution in [0.3, 0.4) is 0 Å². The van der Waals surface area contributed by atoms with E-state index in [9.17, 15) is 4.79 Å². The van der Waals surface area contributed by atoms with Crippen molar-refractivity contribution in [3.05, 3.63) is 29.8 Å². The van der Waals surface area contributed by atoms with E-state index >= 15 is 0 Å². The third-order valence-electron chi connectivity index (χ3n) is 4.39. The van der Waals surface area contributed by atoms with Gasteiger partial charge in [-0.05, 0) is 44.4 Å². The molecule has 0 aliphatic carbocycles. The number of aryl methyl sites for hydroxylation is 1. The number of rotatable bonds is 4. The van der Waals surface area contributed by atoms with Crippen molar-refractivity contribution in [3.63, 3.8) is 0 Å². The Morgan fingerprint density at radius 1 is 1.35 bits per heavy atom. The second-order valence-electron chi connectivity index (χ2n) is 5.75. The lowest BCUT2D eigenvalue weighted by atomic mass is 10.0. The van der Waals surface area contributed by atoms with Crippen LogP contribution in [0, 0.1) is 0 Å². The molecule has 1 aromatic carbocycles. The first-order valence-corrected chi connectivity index (χ1v) is 7.72. The van der Waals surface area contributed by atoms with Crippen molar-refractivity contribution < 1.29 is 4.79 Å². The predicted octanol–water partition coefficient (Wildman–Crippen LogP) is 3.09. The van der Waals surface area contributed by atoms with Gasteiger partial charge >= 0.3 is 0 Å². The molecule has 0 saturated carbocycles. The monoisotopic (exact) mass is 274 g/mol. The lowest BCUT2D eigenvalue weighted by Crippen LogP contribution is -2.45. The molecule has 0 N–H and O–H groups in total. The fraction of sp³-hybridized carbons (Fsp3) is 0.588. The minimum absolute atomic E-state index is 0.194. The number of carbonyl (C=O) groups is 1. The number of carbonyl (C=O) groups excluding carboxylic acids is 1. The summed E-state index contributed by atoms with van der Waals surface area (Å²) in [7, 11) is 1.89. The molecule has 1 aliphatic rings. The molecule has 1 aliphatic heterocycles. The van der Waals surface area contributed by atoms with Gasteiger partial charge in [0.15, 0.2) is 0 Å². The van der Waals surface area contributed by atoms with Crippen molar-refractivity contribution in [2.75, 3.05) is 25.0 Å². The molecule has 0 radical (unpaired) electrons. The summed E-state index contributed by atoms with van der Waals surface area (Å²) in [5.74, 6) is 0.194. The molecular formula is C17H26N2O. The van der Waals surface area contributed by atoms with Crippen LogP contribution >= 0.6 is 0 Å². The molecule has 1 aromatic rings. The first kappa shape index (κ1) is 15.0. The van der Waals surface area contributed by atoms with Gasteiger partial charge in [-0.2, -0.15) is 0 Å². The summed E-state index contributed by atoms with van der Waals surface area (Å²) in [6.07, 6.45) is 4.67. The Hall–Kier alpha value is -1.35. The first-order chi connectivity index (χ1) is 9.63. The maximum Gasteiger partial charge on any atom is 0.240 e. The lowest BCUT2D eigenvalue weighted by molar-refractivity contribution is -0.120. The van der Waals surface area contributed by atoms with Gasteiger partial charge in [0.05, 0.1) is 6.54 Å². The maximum atomic E-state index is 12.5. The van der Waals surface area contributed by atoms with E-state index in [0.29, 0.717) is 12.6 Å². The number of para-hydroxylation sites is 1. The van der Waals surface area contributed by atoms with E-state index in [-0.39, 0.29) is 5.91 Å². The van der Waals surface area contributed by atoms with Crippen molar-refractivity contribution in [2.45, 2.75) is 45.6 Å². The van der Waals surface area contributed by atoms with Crippen LogP contribution in [0.4, 0.5) is 5.69 Å². The van der Waals surface area contributed by atoms with E-state index in [1.165, 1.54) is 24.8 Å². The molecule has 3 heteroatoms. The summed E-state index contributed by atoms with van der Waals surface area (Å²) in [6.45, 7) is 5.95. The SMILES string of the molecule is CCc1ccccc1N(C)C(=O)CN1CCCCC1C. The number of likely N-dealkylation sites (N-methyl/N-ethyl adjacent to an activating group) is 1. The molecule has 3 nitrogen and oxygen atoms in total. The van der Waals surface area contributed by atoms with Gasteiger partial charge in [-0.15, -0.1) is 0 Å². The van der Waals surface area contributed by atoms with Crippen molar-refractivity contribution in [1.29, 1.82) is 0 Å². The predicted molar refractivity (Wildman–Crippen MR) is 84.1 cm³/mol. The number of amides is 1. The van der Waals surface area contributed by atoms with E-state index in [2.05, 4.69) is 24.8 Å². The molecule has 1 unspecified atom stereocenters. The van der Waals surface area contributed by atoms with Crippen LogP contribution in [0.2, 0.25) is 0 Å². The Balaban J connectivity index is 2.04. The third kappa shape index (κ3) is 3.40. The average molecular weight is 274 g/mol. The number of nitrogens with zero attached hydrogens (tertiary/aromatic N) is 2. The third-order valence-corrected chi connectivity index (χ3v) is 4.39. The van der Waals surface area contributed by atoms with E-state index < -0.39 is 0 Å². The van der Waals surface area contributed by atoms with E-state index in [1.54, 1.807) is 0 Å². The number of hydrogen-bond acceptors (Lipinski definition) is 2. The van der Waals surface area contributed by atoms with Gasteiger partial charge in [0.25, 0.3) is 0 Å². The van der Waals surface area contributed by atoms with Crippen molar-refractivity contribution in [3.8, 4) is 0 Å². The van der Waals surface area contributed by atoms with Crippen molar-refractivity contribution in [2.24, 2.45) is 0 Å². The highest BCUT2D eigenvalue weighted by Crippen LogP contribution is 2.21. The van der Waals surface area contributed by atoms with Gasteiger partial charge in [-0.25, -0.2) is 0 Å². The van der Waals surface area contributed by atoms with Crippen LogP contribution in [0.1, 0.15) is 38.7 Å². The zero-order valence-corrected chi connectivity index (χ0v) is 12.9. The Bertz CT molecular complexity index is 458. The van der Waals surface area contributed by atoms with E-state index in [0.717, 1.165) is 18.7 Å². The highest BCUT2D eigenvalue weighted by atomic mass is 16.2. The average Bonchev–Trinajstić information content (AvgIpc) is 2.48. The van der Waals surface area contributed by atoms with Crippen molar-refractivity contribution >= 4 is 11.6 Å². The Kier molecular flexibility index (Phi) is 5.18. The van der Waals surface area contributed by atoms with Gasteiger partial charge in [0.2, 0.25) is 5.91 Å². The van der Waals surface area contributed by atoms with Crippen LogP contribution < -0.4 is 4.90 Å². The minimum Gasteiger partial charge on any atom is -0.314 e. The summed E-state index contributed by atoms with van der Waals surface area (Å²) < 4.78 is 0. The zero-order chi connectivity index (χ0) is 14.5. The van der Waals surface area contributed by atoms with Crippen LogP contribution in [-0.4, -0.2) is 37.0 Å². The number of hydrogen-bond donors (Lipinski definition) is 0. The highest BCUT2D eigenvalue weighted by Gasteiger charge is 2.23. The number of anilines is 1. The lowest BCUT2D eigenvalue weighted by Gasteiger charge is -2.34. The van der Waals surface area contributed by atoms with Crippen LogP contribution in [0.5, 0.6) is 0 Å². The maximum absolute atomic E-state index is 12.5. The quantitative estimate of drug-likeness (QED) is 0.842. The van der Waals surface area contributed by atoms with Gasteiger partial charge in [0.1, 0.15) is 0 Å². The topological polar surface area (TPSA) is 23.6 Å². The second-order valence-corrected chi connectivity index (χ2v) is 5.75. The Labute approximate surface area is 122 Å². The van der Waals surface area contributed by atoms with Crippen LogP contribution in [0.25, 0.3) is 0 Å². The molecule has 1 saturated heterocycles. The zero-order valence-electron chi connectivity index (χ0n) is 12.9. The summed E-state index contributed by atoms with van der Waals surface area (Å²) in [5, 5.41) is 0. The molecular weight excluding hydrogens is 248 g/mol.